The van der Waals surface area contributed by atoms with Gasteiger partial charge in [-0.25, -0.2) is 4.98 Å². The van der Waals surface area contributed by atoms with E-state index in [-0.39, 0.29) is 6.10 Å². The van der Waals surface area contributed by atoms with Gasteiger partial charge in [0.15, 0.2) is 0 Å². The second kappa shape index (κ2) is 6.62. The standard InChI is InChI=1S/C15H24N2OS/c1-4-18-13(10(2)3)14-16-12-9-7-5-6-8-11(12)15(19)17-14/h10,13H,4-9H2,1-3H3,(H,16,17,19). The number of rotatable bonds is 4. The van der Waals surface area contributed by atoms with Crippen LogP contribution in [0.15, 0.2) is 0 Å². The molecule has 1 N–H and O–H groups in total. The van der Waals surface area contributed by atoms with Crippen molar-refractivity contribution >= 4 is 12.2 Å². The molecule has 0 bridgehead atoms. The Kier molecular flexibility index (Phi) is 5.11. The second-order valence-corrected chi connectivity index (χ2v) is 5.95. The van der Waals surface area contributed by atoms with E-state index < -0.39 is 0 Å². The van der Waals surface area contributed by atoms with E-state index in [0.29, 0.717) is 12.5 Å². The highest BCUT2D eigenvalue weighted by atomic mass is 32.1. The quantitative estimate of drug-likeness (QED) is 0.665. The number of nitrogens with zero attached hydrogens (tertiary/aromatic N) is 1. The van der Waals surface area contributed by atoms with Gasteiger partial charge in [0.2, 0.25) is 0 Å². The van der Waals surface area contributed by atoms with Crippen LogP contribution in [0.3, 0.4) is 0 Å². The summed E-state index contributed by atoms with van der Waals surface area (Å²) in [7, 11) is 0. The normalized spacial score (nSPS) is 17.1. The number of hydrogen-bond acceptors (Lipinski definition) is 3. The number of hydrogen-bond donors (Lipinski definition) is 1. The Labute approximate surface area is 120 Å². The van der Waals surface area contributed by atoms with E-state index in [9.17, 15) is 0 Å². The van der Waals surface area contributed by atoms with E-state index >= 15 is 0 Å². The molecular formula is C15H24N2OS. The first-order chi connectivity index (χ1) is 9.13. The zero-order valence-electron chi connectivity index (χ0n) is 12.2. The predicted octanol–water partition coefficient (Wildman–Crippen LogP) is 4.14. The first kappa shape index (κ1) is 14.7. The number of aromatic nitrogens is 2. The van der Waals surface area contributed by atoms with Gasteiger partial charge < -0.3 is 9.72 Å². The minimum absolute atomic E-state index is 0.0141. The molecule has 106 valence electrons. The second-order valence-electron chi connectivity index (χ2n) is 5.56. The fourth-order valence-corrected chi connectivity index (χ4v) is 3.04. The Bertz CT molecular complexity index is 482. The van der Waals surface area contributed by atoms with Crippen LogP contribution in [0.4, 0.5) is 0 Å². The average Bonchev–Trinajstić information content (AvgIpc) is 2.61. The van der Waals surface area contributed by atoms with Crippen LogP contribution >= 0.6 is 12.2 Å². The molecule has 4 heteroatoms. The third-order valence-electron chi connectivity index (χ3n) is 3.70. The number of aromatic amines is 1. The smallest absolute Gasteiger partial charge is 0.137 e. The van der Waals surface area contributed by atoms with Crippen LogP contribution in [-0.4, -0.2) is 16.6 Å². The van der Waals surface area contributed by atoms with Gasteiger partial charge in [0.1, 0.15) is 16.6 Å². The molecule has 0 radical (unpaired) electrons. The lowest BCUT2D eigenvalue weighted by Gasteiger charge is -2.21. The molecule has 0 aromatic carbocycles. The first-order valence-corrected chi connectivity index (χ1v) is 7.77. The van der Waals surface area contributed by atoms with Crippen molar-refractivity contribution in [3.8, 4) is 0 Å². The predicted molar refractivity (Wildman–Crippen MR) is 79.9 cm³/mol. The van der Waals surface area contributed by atoms with Gasteiger partial charge >= 0.3 is 0 Å². The lowest BCUT2D eigenvalue weighted by Crippen LogP contribution is -2.16. The molecule has 0 fully saturated rings. The van der Waals surface area contributed by atoms with Crippen LogP contribution in [0.25, 0.3) is 0 Å². The van der Waals surface area contributed by atoms with E-state index in [0.717, 1.165) is 23.3 Å². The summed E-state index contributed by atoms with van der Waals surface area (Å²) in [6.45, 7) is 7.03. The van der Waals surface area contributed by atoms with E-state index in [1.165, 1.54) is 30.5 Å². The van der Waals surface area contributed by atoms with Gasteiger partial charge in [0, 0.05) is 17.9 Å². The SMILES string of the molecule is CCOC(c1nc(=S)c2c([nH]1)CCCCC2)C(C)C. The van der Waals surface area contributed by atoms with Crippen molar-refractivity contribution in [2.75, 3.05) is 6.61 Å². The summed E-state index contributed by atoms with van der Waals surface area (Å²) < 4.78 is 6.60. The molecule has 1 aromatic rings. The monoisotopic (exact) mass is 280 g/mol. The highest BCUT2D eigenvalue weighted by Crippen LogP contribution is 2.26. The molecule has 0 saturated heterocycles. The summed E-state index contributed by atoms with van der Waals surface area (Å²) in [5.74, 6) is 1.30. The van der Waals surface area contributed by atoms with Crippen molar-refractivity contribution in [1.82, 2.24) is 9.97 Å². The van der Waals surface area contributed by atoms with E-state index in [1.807, 2.05) is 6.92 Å². The van der Waals surface area contributed by atoms with Crippen molar-refractivity contribution in [3.05, 3.63) is 21.7 Å². The molecule has 19 heavy (non-hydrogen) atoms. The molecule has 2 rings (SSSR count). The Hall–Kier alpha value is -0.740. The van der Waals surface area contributed by atoms with Gasteiger partial charge in [-0.1, -0.05) is 32.5 Å². The number of H-pyrrole nitrogens is 1. The summed E-state index contributed by atoms with van der Waals surface area (Å²) in [6.07, 6.45) is 5.92. The molecule has 1 heterocycles. The Balaban J connectivity index is 2.39. The number of nitrogens with one attached hydrogen (secondary N) is 1. The van der Waals surface area contributed by atoms with Crippen LogP contribution in [-0.2, 0) is 17.6 Å². The maximum Gasteiger partial charge on any atom is 0.137 e. The van der Waals surface area contributed by atoms with Gasteiger partial charge in [-0.2, -0.15) is 0 Å². The van der Waals surface area contributed by atoms with E-state index in [1.54, 1.807) is 0 Å². The fraction of sp³-hybridized carbons (Fsp3) is 0.733. The summed E-state index contributed by atoms with van der Waals surface area (Å²) in [5, 5.41) is 0. The van der Waals surface area contributed by atoms with Crippen LogP contribution in [0, 0.1) is 10.6 Å². The molecule has 3 nitrogen and oxygen atoms in total. The van der Waals surface area contributed by atoms with Crippen molar-refractivity contribution in [1.29, 1.82) is 0 Å². The molecule has 1 unspecified atom stereocenters. The van der Waals surface area contributed by atoms with Crippen LogP contribution in [0.2, 0.25) is 0 Å². The number of fused-ring (bicyclic) bond motifs is 1. The minimum Gasteiger partial charge on any atom is -0.370 e. The van der Waals surface area contributed by atoms with Gasteiger partial charge in [-0.05, 0) is 38.5 Å². The molecule has 0 aliphatic heterocycles. The molecule has 1 aromatic heterocycles. The largest absolute Gasteiger partial charge is 0.370 e. The first-order valence-electron chi connectivity index (χ1n) is 7.37. The molecule has 1 aliphatic carbocycles. The third-order valence-corrected chi connectivity index (χ3v) is 4.04. The Morgan fingerprint density at radius 1 is 1.26 bits per heavy atom. The maximum atomic E-state index is 5.83. The van der Waals surface area contributed by atoms with Crippen molar-refractivity contribution in [3.63, 3.8) is 0 Å². The van der Waals surface area contributed by atoms with E-state index in [2.05, 4.69) is 23.8 Å². The minimum atomic E-state index is 0.0141. The zero-order valence-corrected chi connectivity index (χ0v) is 13.0. The van der Waals surface area contributed by atoms with Crippen LogP contribution in [0.1, 0.15) is 63.2 Å². The van der Waals surface area contributed by atoms with Gasteiger partial charge in [0.05, 0.1) is 0 Å². The highest BCUT2D eigenvalue weighted by Gasteiger charge is 2.21. The topological polar surface area (TPSA) is 37.9 Å². The third kappa shape index (κ3) is 3.42. The fourth-order valence-electron chi connectivity index (χ4n) is 2.72. The summed E-state index contributed by atoms with van der Waals surface area (Å²) >= 11 is 5.49. The molecule has 1 aliphatic rings. The van der Waals surface area contributed by atoms with Crippen LogP contribution in [0.5, 0.6) is 0 Å². The summed E-state index contributed by atoms with van der Waals surface area (Å²) in [6, 6.07) is 0. The number of ether oxygens (including phenoxy) is 1. The van der Waals surface area contributed by atoms with Gasteiger partial charge in [0.25, 0.3) is 0 Å². The average molecular weight is 280 g/mol. The lowest BCUT2D eigenvalue weighted by atomic mass is 10.1. The maximum absolute atomic E-state index is 5.83. The van der Waals surface area contributed by atoms with Crippen molar-refractivity contribution in [2.24, 2.45) is 5.92 Å². The molecule has 0 saturated carbocycles. The molecule has 1 atom stereocenters. The summed E-state index contributed by atoms with van der Waals surface area (Å²) in [4.78, 5) is 8.11. The Morgan fingerprint density at radius 3 is 2.68 bits per heavy atom. The molecular weight excluding hydrogens is 256 g/mol. The summed E-state index contributed by atoms with van der Waals surface area (Å²) in [5.41, 5.74) is 2.55. The van der Waals surface area contributed by atoms with Crippen molar-refractivity contribution < 1.29 is 4.74 Å². The highest BCUT2D eigenvalue weighted by molar-refractivity contribution is 7.71. The van der Waals surface area contributed by atoms with Gasteiger partial charge in [-0.15, -0.1) is 0 Å². The van der Waals surface area contributed by atoms with Gasteiger partial charge in [-0.3, -0.25) is 0 Å². The number of aryl methyl sites for hydroxylation is 1. The Morgan fingerprint density at radius 2 is 2.00 bits per heavy atom. The van der Waals surface area contributed by atoms with Crippen molar-refractivity contribution in [2.45, 2.75) is 59.0 Å². The molecule has 0 spiro atoms. The van der Waals surface area contributed by atoms with Crippen LogP contribution < -0.4 is 0 Å². The zero-order chi connectivity index (χ0) is 13.8. The lowest BCUT2D eigenvalue weighted by molar-refractivity contribution is 0.0229. The van der Waals surface area contributed by atoms with E-state index in [4.69, 9.17) is 17.0 Å². The molecule has 0 amide bonds.